The summed E-state index contributed by atoms with van der Waals surface area (Å²) in [6.45, 7) is 5.07. The summed E-state index contributed by atoms with van der Waals surface area (Å²) in [5.74, 6) is 0.338. The minimum atomic E-state index is -0.286. The van der Waals surface area contributed by atoms with Crippen molar-refractivity contribution in [2.45, 2.75) is 31.5 Å². The SMILES string of the molecule is Nc1ncc2c(n1)C1(CCN(CCOCc3ccccc3)CC1)OCC2. The largest absolute Gasteiger partial charge is 0.375 e. The fourth-order valence-electron chi connectivity index (χ4n) is 3.90. The van der Waals surface area contributed by atoms with Crippen molar-refractivity contribution in [3.05, 3.63) is 53.3 Å². The number of benzene rings is 1. The lowest BCUT2D eigenvalue weighted by atomic mass is 9.83. The molecule has 138 valence electrons. The number of fused-ring (bicyclic) bond motifs is 2. The van der Waals surface area contributed by atoms with Gasteiger partial charge in [-0.05, 0) is 30.4 Å². The zero-order valence-corrected chi connectivity index (χ0v) is 15.1. The fraction of sp³-hybridized carbons (Fsp3) is 0.500. The third kappa shape index (κ3) is 3.72. The van der Waals surface area contributed by atoms with Gasteiger partial charge in [0.15, 0.2) is 0 Å². The first-order valence-corrected chi connectivity index (χ1v) is 9.35. The van der Waals surface area contributed by atoms with Gasteiger partial charge in [0.05, 0.1) is 25.5 Å². The summed E-state index contributed by atoms with van der Waals surface area (Å²) in [7, 11) is 0. The lowest BCUT2D eigenvalue weighted by Gasteiger charge is -2.44. The van der Waals surface area contributed by atoms with Gasteiger partial charge in [-0.25, -0.2) is 9.97 Å². The maximum Gasteiger partial charge on any atom is 0.220 e. The number of aromatic nitrogens is 2. The van der Waals surface area contributed by atoms with Crippen LogP contribution in [0.15, 0.2) is 36.5 Å². The van der Waals surface area contributed by atoms with Crippen LogP contribution in [0.5, 0.6) is 0 Å². The number of piperidine rings is 1. The molecule has 2 aliphatic rings. The Hall–Kier alpha value is -2.02. The second-order valence-corrected chi connectivity index (χ2v) is 7.07. The second kappa shape index (κ2) is 7.70. The third-order valence-electron chi connectivity index (χ3n) is 5.39. The molecule has 1 fully saturated rings. The Morgan fingerprint density at radius 2 is 2.00 bits per heavy atom. The molecule has 0 saturated carbocycles. The summed E-state index contributed by atoms with van der Waals surface area (Å²) in [5, 5.41) is 0. The molecule has 1 aromatic carbocycles. The highest BCUT2D eigenvalue weighted by Crippen LogP contribution is 2.40. The Morgan fingerprint density at radius 3 is 2.81 bits per heavy atom. The van der Waals surface area contributed by atoms with E-state index in [-0.39, 0.29) is 5.60 Å². The molecule has 4 rings (SSSR count). The topological polar surface area (TPSA) is 73.5 Å². The number of hydrogen-bond acceptors (Lipinski definition) is 6. The highest BCUT2D eigenvalue weighted by Gasteiger charge is 2.42. The number of rotatable bonds is 5. The van der Waals surface area contributed by atoms with Gasteiger partial charge in [0.2, 0.25) is 5.95 Å². The maximum absolute atomic E-state index is 6.22. The molecule has 1 aromatic heterocycles. The van der Waals surface area contributed by atoms with E-state index < -0.39 is 0 Å². The first-order valence-electron chi connectivity index (χ1n) is 9.35. The summed E-state index contributed by atoms with van der Waals surface area (Å²) in [6, 6.07) is 10.3. The summed E-state index contributed by atoms with van der Waals surface area (Å²) in [6.07, 6.45) is 4.62. The standard InChI is InChI=1S/C20H26N4O2/c21-19-22-14-17-6-12-26-20(18(17)23-19)7-9-24(10-8-20)11-13-25-15-16-4-2-1-3-5-16/h1-5,14H,6-13,15H2,(H2,21,22,23). The van der Waals surface area contributed by atoms with Crippen molar-refractivity contribution in [3.8, 4) is 0 Å². The van der Waals surface area contributed by atoms with Gasteiger partial charge < -0.3 is 20.1 Å². The Labute approximate surface area is 154 Å². The van der Waals surface area contributed by atoms with Crippen LogP contribution in [0.2, 0.25) is 0 Å². The molecule has 3 heterocycles. The van der Waals surface area contributed by atoms with E-state index in [1.54, 1.807) is 0 Å². The van der Waals surface area contributed by atoms with Gasteiger partial charge >= 0.3 is 0 Å². The molecular weight excluding hydrogens is 328 g/mol. The minimum Gasteiger partial charge on any atom is -0.375 e. The summed E-state index contributed by atoms with van der Waals surface area (Å²) in [5.41, 5.74) is 8.95. The average Bonchev–Trinajstić information content (AvgIpc) is 2.68. The van der Waals surface area contributed by atoms with Gasteiger partial charge in [0.25, 0.3) is 0 Å². The average molecular weight is 354 g/mol. The Balaban J connectivity index is 1.29. The Bertz CT molecular complexity index is 730. The number of nitrogens with two attached hydrogens (primary N) is 1. The molecule has 2 aromatic rings. The number of ether oxygens (including phenoxy) is 2. The van der Waals surface area contributed by atoms with E-state index in [1.165, 1.54) is 11.1 Å². The first-order chi connectivity index (χ1) is 12.8. The van der Waals surface area contributed by atoms with Crippen molar-refractivity contribution >= 4 is 5.95 Å². The first kappa shape index (κ1) is 17.4. The highest BCUT2D eigenvalue weighted by atomic mass is 16.5. The van der Waals surface area contributed by atoms with Crippen LogP contribution in [0, 0.1) is 0 Å². The van der Waals surface area contributed by atoms with Gasteiger partial charge in [-0.2, -0.15) is 0 Å². The van der Waals surface area contributed by atoms with Gasteiger partial charge in [0.1, 0.15) is 5.60 Å². The maximum atomic E-state index is 6.22. The number of hydrogen-bond donors (Lipinski definition) is 1. The van der Waals surface area contributed by atoms with Crippen LogP contribution in [-0.4, -0.2) is 47.7 Å². The molecule has 26 heavy (non-hydrogen) atoms. The van der Waals surface area contributed by atoms with Gasteiger partial charge in [-0.1, -0.05) is 30.3 Å². The fourth-order valence-corrected chi connectivity index (χ4v) is 3.90. The molecule has 0 aliphatic carbocycles. The summed E-state index contributed by atoms with van der Waals surface area (Å²) >= 11 is 0. The van der Waals surface area contributed by atoms with Crippen LogP contribution in [0.1, 0.15) is 29.7 Å². The quantitative estimate of drug-likeness (QED) is 0.830. The van der Waals surface area contributed by atoms with E-state index in [0.717, 1.165) is 57.8 Å². The molecule has 2 N–H and O–H groups in total. The lowest BCUT2D eigenvalue weighted by Crippen LogP contribution is -2.48. The van der Waals surface area contributed by atoms with Crippen LogP contribution in [0.4, 0.5) is 5.95 Å². The number of nitrogens with zero attached hydrogens (tertiary/aromatic N) is 3. The zero-order valence-electron chi connectivity index (χ0n) is 15.1. The Kier molecular flexibility index (Phi) is 5.15. The van der Waals surface area contributed by atoms with Crippen molar-refractivity contribution in [2.24, 2.45) is 0 Å². The predicted octanol–water partition coefficient (Wildman–Crippen LogP) is 2.14. The zero-order chi connectivity index (χ0) is 17.8. The van der Waals surface area contributed by atoms with E-state index in [2.05, 4.69) is 27.0 Å². The molecule has 1 spiro atoms. The van der Waals surface area contributed by atoms with E-state index in [9.17, 15) is 0 Å². The highest BCUT2D eigenvalue weighted by molar-refractivity contribution is 5.32. The van der Waals surface area contributed by atoms with Gasteiger partial charge in [0, 0.05) is 25.8 Å². The third-order valence-corrected chi connectivity index (χ3v) is 5.39. The Morgan fingerprint density at radius 1 is 1.19 bits per heavy atom. The number of anilines is 1. The van der Waals surface area contributed by atoms with E-state index >= 15 is 0 Å². The van der Waals surface area contributed by atoms with Crippen LogP contribution >= 0.6 is 0 Å². The van der Waals surface area contributed by atoms with Crippen molar-refractivity contribution in [1.29, 1.82) is 0 Å². The monoisotopic (exact) mass is 354 g/mol. The van der Waals surface area contributed by atoms with E-state index in [0.29, 0.717) is 12.6 Å². The molecule has 0 atom stereocenters. The molecule has 6 heteroatoms. The van der Waals surface area contributed by atoms with Crippen molar-refractivity contribution in [2.75, 3.05) is 38.6 Å². The molecule has 0 unspecified atom stereocenters. The normalized spacial score (nSPS) is 19.4. The smallest absolute Gasteiger partial charge is 0.220 e. The van der Waals surface area contributed by atoms with E-state index in [1.807, 2.05) is 24.4 Å². The number of nitrogen functional groups attached to an aromatic ring is 1. The molecular formula is C20H26N4O2. The van der Waals surface area contributed by atoms with Gasteiger partial charge in [-0.3, -0.25) is 0 Å². The van der Waals surface area contributed by atoms with Crippen LogP contribution in [0.3, 0.4) is 0 Å². The molecule has 0 radical (unpaired) electrons. The van der Waals surface area contributed by atoms with Crippen molar-refractivity contribution < 1.29 is 9.47 Å². The van der Waals surface area contributed by atoms with E-state index in [4.69, 9.17) is 15.2 Å². The van der Waals surface area contributed by atoms with Gasteiger partial charge in [-0.15, -0.1) is 0 Å². The molecule has 6 nitrogen and oxygen atoms in total. The molecule has 0 bridgehead atoms. The second-order valence-electron chi connectivity index (χ2n) is 7.07. The molecule has 2 aliphatic heterocycles. The van der Waals surface area contributed by atoms with Crippen LogP contribution in [-0.2, 0) is 28.1 Å². The summed E-state index contributed by atoms with van der Waals surface area (Å²) < 4.78 is 12.0. The number of likely N-dealkylation sites (tertiary alicyclic amines) is 1. The van der Waals surface area contributed by atoms with Crippen molar-refractivity contribution in [1.82, 2.24) is 14.9 Å². The molecule has 0 amide bonds. The predicted molar refractivity (Wildman–Crippen MR) is 99.6 cm³/mol. The lowest BCUT2D eigenvalue weighted by molar-refractivity contribution is -0.103. The van der Waals surface area contributed by atoms with Crippen LogP contribution < -0.4 is 5.73 Å². The van der Waals surface area contributed by atoms with Crippen molar-refractivity contribution in [3.63, 3.8) is 0 Å². The molecule has 1 saturated heterocycles. The summed E-state index contributed by atoms with van der Waals surface area (Å²) in [4.78, 5) is 11.1. The minimum absolute atomic E-state index is 0.286. The van der Waals surface area contributed by atoms with Crippen LogP contribution in [0.25, 0.3) is 0 Å².